The molecule has 4 heteroatoms. The van der Waals surface area contributed by atoms with Gasteiger partial charge < -0.3 is 5.73 Å². The fraction of sp³-hybridized carbons (Fsp3) is 0.167. The van der Waals surface area contributed by atoms with Gasteiger partial charge >= 0.3 is 0 Å². The number of nitrogens with two attached hydrogens (primary N) is 1. The van der Waals surface area contributed by atoms with Crippen molar-refractivity contribution in [3.8, 4) is 6.07 Å². The minimum atomic E-state index is 0.261. The molecule has 0 radical (unpaired) electrons. The summed E-state index contributed by atoms with van der Waals surface area (Å²) in [4.78, 5) is 7.62. The highest BCUT2D eigenvalue weighted by molar-refractivity contribution is 5.24. The van der Waals surface area contributed by atoms with Gasteiger partial charge in [0.25, 0.3) is 0 Å². The maximum atomic E-state index is 8.44. The average Bonchev–Trinajstić information content (AvgIpc) is 2.04. The molecule has 0 saturated heterocycles. The number of nitriles is 1. The predicted octanol–water partition coefficient (Wildman–Crippen LogP) is -0.193. The third-order valence-electron chi connectivity index (χ3n) is 1.07. The van der Waals surface area contributed by atoms with Crippen LogP contribution < -0.4 is 5.73 Å². The second kappa shape index (κ2) is 2.90. The minimum Gasteiger partial charge on any atom is -0.325 e. The second-order valence-electron chi connectivity index (χ2n) is 1.67. The van der Waals surface area contributed by atoms with E-state index in [2.05, 4.69) is 9.97 Å². The Labute approximate surface area is 58.3 Å². The average molecular weight is 134 g/mol. The normalized spacial score (nSPS) is 8.80. The van der Waals surface area contributed by atoms with E-state index >= 15 is 0 Å². The summed E-state index contributed by atoms with van der Waals surface area (Å²) in [6, 6.07) is 1.89. The molecule has 0 saturated carbocycles. The summed E-state index contributed by atoms with van der Waals surface area (Å²) >= 11 is 0. The summed E-state index contributed by atoms with van der Waals surface area (Å²) in [5, 5.41) is 8.44. The molecule has 1 aromatic heterocycles. The first kappa shape index (κ1) is 6.65. The van der Waals surface area contributed by atoms with Gasteiger partial charge in [0, 0.05) is 18.9 Å². The molecule has 4 nitrogen and oxygen atoms in total. The topological polar surface area (TPSA) is 75.6 Å². The molecule has 0 aliphatic rings. The molecule has 1 heterocycles. The second-order valence-corrected chi connectivity index (χ2v) is 1.67. The molecule has 1 rings (SSSR count). The first-order valence-corrected chi connectivity index (χ1v) is 2.78. The van der Waals surface area contributed by atoms with Crippen LogP contribution in [0.3, 0.4) is 0 Å². The highest BCUT2D eigenvalue weighted by atomic mass is 14.8. The van der Waals surface area contributed by atoms with E-state index in [1.165, 1.54) is 12.4 Å². The zero-order valence-electron chi connectivity index (χ0n) is 5.28. The Morgan fingerprint density at radius 2 is 2.20 bits per heavy atom. The minimum absolute atomic E-state index is 0.261. The van der Waals surface area contributed by atoms with Crippen LogP contribution in [0, 0.1) is 11.3 Å². The van der Waals surface area contributed by atoms with Crippen LogP contribution in [0.2, 0.25) is 0 Å². The number of hydrogen-bond acceptors (Lipinski definition) is 4. The number of aromatic nitrogens is 2. The van der Waals surface area contributed by atoms with Gasteiger partial charge in [-0.25, -0.2) is 4.98 Å². The Hall–Kier alpha value is -1.47. The van der Waals surface area contributed by atoms with Crippen molar-refractivity contribution in [3.05, 3.63) is 23.8 Å². The molecule has 1 aromatic rings. The van der Waals surface area contributed by atoms with E-state index in [1.807, 2.05) is 6.07 Å². The number of rotatable bonds is 1. The molecule has 10 heavy (non-hydrogen) atoms. The standard InChI is InChI=1S/C6H6N4/c7-3-5-6(4-8)10-2-1-9-5/h1-2H,3,7H2. The van der Waals surface area contributed by atoms with Gasteiger partial charge in [-0.15, -0.1) is 0 Å². The van der Waals surface area contributed by atoms with Gasteiger partial charge in [0.15, 0.2) is 5.69 Å². The fourth-order valence-electron chi connectivity index (χ4n) is 0.610. The van der Waals surface area contributed by atoms with Crippen LogP contribution in [-0.2, 0) is 6.54 Å². The van der Waals surface area contributed by atoms with Crippen molar-refractivity contribution in [3.63, 3.8) is 0 Å². The van der Waals surface area contributed by atoms with Crippen LogP contribution in [0.25, 0.3) is 0 Å². The molecular formula is C6H6N4. The van der Waals surface area contributed by atoms with Crippen LogP contribution in [0.15, 0.2) is 12.4 Å². The lowest BCUT2D eigenvalue weighted by molar-refractivity contribution is 0.949. The van der Waals surface area contributed by atoms with Gasteiger partial charge in [-0.1, -0.05) is 0 Å². The Bertz CT molecular complexity index is 263. The third kappa shape index (κ3) is 1.09. The van der Waals surface area contributed by atoms with Gasteiger partial charge in [-0.05, 0) is 0 Å². The first-order valence-electron chi connectivity index (χ1n) is 2.78. The Balaban J connectivity index is 3.12. The zero-order valence-corrected chi connectivity index (χ0v) is 5.28. The summed E-state index contributed by atoms with van der Waals surface area (Å²) in [5.41, 5.74) is 6.13. The van der Waals surface area contributed by atoms with Crippen molar-refractivity contribution < 1.29 is 0 Å². The maximum Gasteiger partial charge on any atom is 0.163 e. The molecule has 0 fully saturated rings. The maximum absolute atomic E-state index is 8.44. The lowest BCUT2D eigenvalue weighted by Crippen LogP contribution is -2.03. The van der Waals surface area contributed by atoms with Crippen molar-refractivity contribution in [2.24, 2.45) is 5.73 Å². The van der Waals surface area contributed by atoms with Crippen molar-refractivity contribution in [1.29, 1.82) is 5.26 Å². The SMILES string of the molecule is N#Cc1nccnc1CN. The van der Waals surface area contributed by atoms with E-state index in [0.717, 1.165) is 0 Å². The molecule has 50 valence electrons. The van der Waals surface area contributed by atoms with Crippen LogP contribution in [0.1, 0.15) is 11.4 Å². The summed E-state index contributed by atoms with van der Waals surface area (Å²) in [7, 11) is 0. The molecule has 0 spiro atoms. The van der Waals surface area contributed by atoms with Gasteiger partial charge in [0.2, 0.25) is 0 Å². The van der Waals surface area contributed by atoms with Gasteiger partial charge in [-0.3, -0.25) is 4.98 Å². The fourth-order valence-corrected chi connectivity index (χ4v) is 0.610. The summed E-state index contributed by atoms with van der Waals surface area (Å²) in [6.07, 6.45) is 2.99. The molecule has 0 aromatic carbocycles. The van der Waals surface area contributed by atoms with E-state index in [0.29, 0.717) is 11.4 Å². The smallest absolute Gasteiger partial charge is 0.163 e. The summed E-state index contributed by atoms with van der Waals surface area (Å²) in [5.74, 6) is 0. The van der Waals surface area contributed by atoms with Crippen LogP contribution in [0.4, 0.5) is 0 Å². The Morgan fingerprint density at radius 1 is 1.50 bits per heavy atom. The number of nitrogens with zero attached hydrogens (tertiary/aromatic N) is 3. The van der Waals surface area contributed by atoms with Crippen LogP contribution in [0.5, 0.6) is 0 Å². The first-order chi connectivity index (χ1) is 4.88. The van der Waals surface area contributed by atoms with Crippen molar-refractivity contribution >= 4 is 0 Å². The lowest BCUT2D eigenvalue weighted by atomic mass is 10.3. The monoisotopic (exact) mass is 134 g/mol. The van der Waals surface area contributed by atoms with E-state index < -0.39 is 0 Å². The van der Waals surface area contributed by atoms with E-state index in [1.54, 1.807) is 0 Å². The van der Waals surface area contributed by atoms with E-state index in [9.17, 15) is 0 Å². The predicted molar refractivity (Wildman–Crippen MR) is 34.6 cm³/mol. The molecule has 2 N–H and O–H groups in total. The third-order valence-corrected chi connectivity index (χ3v) is 1.07. The Morgan fingerprint density at radius 3 is 2.70 bits per heavy atom. The zero-order chi connectivity index (χ0) is 7.40. The Kier molecular flexibility index (Phi) is 1.92. The highest BCUT2D eigenvalue weighted by Crippen LogP contribution is 1.96. The quantitative estimate of drug-likeness (QED) is 0.577. The number of hydrogen-bond donors (Lipinski definition) is 1. The molecule has 0 bridgehead atoms. The molecule has 0 aliphatic heterocycles. The van der Waals surface area contributed by atoms with Crippen LogP contribution in [-0.4, -0.2) is 9.97 Å². The lowest BCUT2D eigenvalue weighted by Gasteiger charge is -1.93. The molecular weight excluding hydrogens is 128 g/mol. The summed E-state index contributed by atoms with van der Waals surface area (Å²) < 4.78 is 0. The van der Waals surface area contributed by atoms with Crippen molar-refractivity contribution in [1.82, 2.24) is 9.97 Å². The molecule has 0 aliphatic carbocycles. The van der Waals surface area contributed by atoms with Gasteiger partial charge in [0.1, 0.15) is 6.07 Å². The van der Waals surface area contributed by atoms with Gasteiger partial charge in [-0.2, -0.15) is 5.26 Å². The van der Waals surface area contributed by atoms with Crippen LogP contribution >= 0.6 is 0 Å². The largest absolute Gasteiger partial charge is 0.325 e. The summed E-state index contributed by atoms with van der Waals surface area (Å²) in [6.45, 7) is 0.261. The van der Waals surface area contributed by atoms with Crippen molar-refractivity contribution in [2.75, 3.05) is 0 Å². The highest BCUT2D eigenvalue weighted by Gasteiger charge is 1.98. The molecule has 0 amide bonds. The van der Waals surface area contributed by atoms with Crippen molar-refractivity contribution in [2.45, 2.75) is 6.54 Å². The van der Waals surface area contributed by atoms with Gasteiger partial charge in [0.05, 0.1) is 5.69 Å². The molecule has 0 atom stereocenters. The van der Waals surface area contributed by atoms with E-state index in [-0.39, 0.29) is 6.54 Å². The van der Waals surface area contributed by atoms with E-state index in [4.69, 9.17) is 11.0 Å². The molecule has 0 unspecified atom stereocenters.